The highest BCUT2D eigenvalue weighted by Gasteiger charge is 2.75. The number of alkyl halides is 6. The van der Waals surface area contributed by atoms with Gasteiger partial charge in [0.2, 0.25) is 0 Å². The van der Waals surface area contributed by atoms with Crippen LogP contribution in [-0.4, -0.2) is 56.5 Å². The molecular formula is C17H19BF6O7S. The number of carbonyl (C=O) groups excluding carboxylic acids is 2. The fraction of sp³-hybridized carbons (Fsp3) is 0.529. The Labute approximate surface area is 180 Å². The summed E-state index contributed by atoms with van der Waals surface area (Å²) in [6, 6.07) is 6.99. The number of benzene rings is 1. The van der Waals surface area contributed by atoms with Crippen LogP contribution in [0.5, 0.6) is 0 Å². The fourth-order valence-electron chi connectivity index (χ4n) is 2.62. The summed E-state index contributed by atoms with van der Waals surface area (Å²) in [4.78, 5) is 23.4. The molecule has 0 bridgehead atoms. The number of ether oxygens (including phenoxy) is 2. The summed E-state index contributed by atoms with van der Waals surface area (Å²) in [6.45, 7) is -0.118. The van der Waals surface area contributed by atoms with Crippen molar-refractivity contribution in [1.82, 2.24) is 0 Å². The number of carbonyl (C=O) groups is 2. The lowest BCUT2D eigenvalue weighted by atomic mass is 9.93. The van der Waals surface area contributed by atoms with Gasteiger partial charge in [0.05, 0.1) is 0 Å². The normalized spacial score (nSPS) is 13.0. The molecule has 0 fully saturated rings. The van der Waals surface area contributed by atoms with E-state index in [-0.39, 0.29) is 6.61 Å². The van der Waals surface area contributed by atoms with E-state index in [1.807, 2.05) is 7.85 Å². The maximum Gasteiger partial charge on any atom is 0.438 e. The average Bonchev–Trinajstić information content (AvgIpc) is 2.63. The monoisotopic (exact) mass is 492 g/mol. The Morgan fingerprint density at radius 2 is 1.44 bits per heavy atom. The first-order valence-electron chi connectivity index (χ1n) is 9.05. The molecule has 1 N–H and O–H groups in total. The van der Waals surface area contributed by atoms with Gasteiger partial charge in [-0.3, -0.25) is 14.1 Å². The summed E-state index contributed by atoms with van der Waals surface area (Å²) >= 11 is 0. The van der Waals surface area contributed by atoms with Crippen LogP contribution in [0.4, 0.5) is 26.3 Å². The minimum absolute atomic E-state index is 0.118. The molecule has 7 nitrogen and oxygen atoms in total. The quantitative estimate of drug-likeness (QED) is 0.231. The van der Waals surface area contributed by atoms with Gasteiger partial charge in [-0.05, 0) is 17.5 Å². The molecule has 0 spiro atoms. The summed E-state index contributed by atoms with van der Waals surface area (Å²) in [5.74, 6) is -5.88. The van der Waals surface area contributed by atoms with E-state index >= 15 is 0 Å². The first-order valence-corrected chi connectivity index (χ1v) is 10.7. The molecule has 0 amide bonds. The first kappa shape index (κ1) is 27.7. The van der Waals surface area contributed by atoms with Crippen molar-refractivity contribution in [1.29, 1.82) is 0 Å². The van der Waals surface area contributed by atoms with Gasteiger partial charge in [-0.1, -0.05) is 30.6 Å². The molecule has 1 rings (SSSR count). The molecule has 0 aliphatic carbocycles. The Morgan fingerprint density at radius 3 is 1.91 bits per heavy atom. The topological polar surface area (TPSA) is 107 Å². The van der Waals surface area contributed by atoms with Crippen LogP contribution >= 0.6 is 0 Å². The molecule has 0 aliphatic rings. The van der Waals surface area contributed by atoms with E-state index in [1.54, 1.807) is 24.3 Å². The van der Waals surface area contributed by atoms with Gasteiger partial charge in [0, 0.05) is 12.8 Å². The lowest BCUT2D eigenvalue weighted by Gasteiger charge is -2.35. The molecule has 180 valence electrons. The fourth-order valence-corrected chi connectivity index (χ4v) is 3.52. The van der Waals surface area contributed by atoms with Crippen molar-refractivity contribution in [3.05, 3.63) is 35.4 Å². The predicted molar refractivity (Wildman–Crippen MR) is 99.7 cm³/mol. The number of hydrogen-bond donors (Lipinski definition) is 1. The van der Waals surface area contributed by atoms with E-state index in [4.69, 9.17) is 9.29 Å². The zero-order valence-electron chi connectivity index (χ0n) is 16.6. The molecule has 0 atom stereocenters. The molecule has 0 radical (unpaired) electrons. The molecular weight excluding hydrogens is 473 g/mol. The lowest BCUT2D eigenvalue weighted by molar-refractivity contribution is -0.361. The van der Waals surface area contributed by atoms with Crippen LogP contribution in [0.15, 0.2) is 24.3 Å². The highest BCUT2D eigenvalue weighted by atomic mass is 32.2. The second-order valence-corrected chi connectivity index (χ2v) is 8.11. The van der Waals surface area contributed by atoms with Crippen molar-refractivity contribution in [3.63, 3.8) is 0 Å². The van der Waals surface area contributed by atoms with Crippen LogP contribution in [0.2, 0.25) is 0 Å². The Morgan fingerprint density at radius 1 is 0.938 bits per heavy atom. The van der Waals surface area contributed by atoms with Crippen molar-refractivity contribution in [2.75, 3.05) is 5.75 Å². The van der Waals surface area contributed by atoms with Gasteiger partial charge in [0.15, 0.2) is 0 Å². The first-order chi connectivity index (χ1) is 14.5. The summed E-state index contributed by atoms with van der Waals surface area (Å²) in [5.41, 5.74) is -3.86. The van der Waals surface area contributed by atoms with Crippen LogP contribution in [0, 0.1) is 0 Å². The van der Waals surface area contributed by atoms with Crippen LogP contribution in [-0.2, 0) is 42.1 Å². The zero-order chi connectivity index (χ0) is 24.8. The Kier molecular flexibility index (Phi) is 9.15. The van der Waals surface area contributed by atoms with Gasteiger partial charge in [0.1, 0.15) is 20.2 Å². The average molecular weight is 492 g/mol. The standard InChI is InChI=1S/C17H19BF6O7S/c18-8-11-4-1-2-5-12(11)9-30-13(25)6-3-7-14(26)31-15(16(19,20)21,17(22,23)24)10-32(27,28)29/h1-2,4-5H,3,6-10,18H2,(H,27,28,29). The van der Waals surface area contributed by atoms with E-state index < -0.39 is 65.0 Å². The maximum absolute atomic E-state index is 13.1. The van der Waals surface area contributed by atoms with Crippen LogP contribution in [0.1, 0.15) is 30.4 Å². The minimum Gasteiger partial charge on any atom is -0.461 e. The highest BCUT2D eigenvalue weighted by Crippen LogP contribution is 2.47. The third kappa shape index (κ3) is 7.69. The van der Waals surface area contributed by atoms with E-state index in [9.17, 15) is 44.3 Å². The molecule has 15 heteroatoms. The van der Waals surface area contributed by atoms with Crippen molar-refractivity contribution in [2.24, 2.45) is 0 Å². The Bertz CT molecular complexity index is 901. The van der Waals surface area contributed by atoms with Crippen molar-refractivity contribution < 1.29 is 58.4 Å². The van der Waals surface area contributed by atoms with Gasteiger partial charge >= 0.3 is 29.9 Å². The van der Waals surface area contributed by atoms with E-state index in [0.29, 0.717) is 11.9 Å². The second-order valence-electron chi connectivity index (χ2n) is 6.66. The Hall–Kier alpha value is -2.29. The molecule has 0 heterocycles. The van der Waals surface area contributed by atoms with Crippen molar-refractivity contribution in [2.45, 2.75) is 50.1 Å². The van der Waals surface area contributed by atoms with Gasteiger partial charge < -0.3 is 9.47 Å². The van der Waals surface area contributed by atoms with Gasteiger partial charge in [0.25, 0.3) is 10.1 Å². The third-order valence-electron chi connectivity index (χ3n) is 4.24. The van der Waals surface area contributed by atoms with E-state index in [2.05, 4.69) is 4.74 Å². The van der Waals surface area contributed by atoms with Gasteiger partial charge in [-0.15, -0.1) is 0 Å². The Balaban J connectivity index is 2.74. The number of esters is 2. The lowest BCUT2D eigenvalue weighted by Crippen LogP contribution is -2.63. The molecule has 0 aliphatic heterocycles. The van der Waals surface area contributed by atoms with Gasteiger partial charge in [-0.25, -0.2) is 0 Å². The number of rotatable bonds is 10. The van der Waals surface area contributed by atoms with Gasteiger partial charge in [-0.2, -0.15) is 34.8 Å². The zero-order valence-corrected chi connectivity index (χ0v) is 17.4. The molecule has 0 saturated heterocycles. The largest absolute Gasteiger partial charge is 0.461 e. The molecule has 0 unspecified atom stereocenters. The smallest absolute Gasteiger partial charge is 0.438 e. The third-order valence-corrected chi connectivity index (χ3v) is 5.01. The van der Waals surface area contributed by atoms with E-state index in [1.165, 1.54) is 0 Å². The minimum atomic E-state index is -6.40. The molecule has 0 aromatic heterocycles. The molecule has 1 aromatic rings. The molecule has 0 saturated carbocycles. The van der Waals surface area contributed by atoms with Crippen LogP contribution in [0.25, 0.3) is 0 Å². The van der Waals surface area contributed by atoms with E-state index in [0.717, 1.165) is 5.56 Å². The SMILES string of the molecule is BCc1ccccc1COC(=O)CCCC(=O)OC(CS(=O)(=O)O)(C(F)(F)F)C(F)(F)F. The highest BCUT2D eigenvalue weighted by molar-refractivity contribution is 7.85. The summed E-state index contributed by atoms with van der Waals surface area (Å²) < 4.78 is 117. The van der Waals surface area contributed by atoms with Crippen LogP contribution < -0.4 is 0 Å². The maximum atomic E-state index is 13.1. The van der Waals surface area contributed by atoms with Crippen molar-refractivity contribution >= 4 is 29.9 Å². The summed E-state index contributed by atoms with van der Waals surface area (Å²) in [7, 11) is -3.99. The molecule has 1 aromatic carbocycles. The number of hydrogen-bond acceptors (Lipinski definition) is 6. The predicted octanol–water partition coefficient (Wildman–Crippen LogP) is 2.33. The second kappa shape index (κ2) is 10.6. The number of halogens is 6. The van der Waals surface area contributed by atoms with Crippen LogP contribution in [0.3, 0.4) is 0 Å². The van der Waals surface area contributed by atoms with Crippen molar-refractivity contribution in [3.8, 4) is 0 Å². The summed E-state index contributed by atoms with van der Waals surface area (Å²) in [6.07, 6.45) is -14.3. The summed E-state index contributed by atoms with van der Waals surface area (Å²) in [5, 5.41) is 0. The molecule has 32 heavy (non-hydrogen) atoms.